The maximum absolute atomic E-state index is 13.2. The van der Waals surface area contributed by atoms with Crippen LogP contribution in [0.25, 0.3) is 0 Å². The standard InChI is InChI=1S/C22H26N2O4S/c1-26-17-8-9-19(27-2)18(13-17)22-24(11-12-29-22)21(25)15-7-10-20(23-14-15)28-16-5-3-4-6-16/h7-10,13-14,16,22H,3-6,11-12H2,1-2H3. The van der Waals surface area contributed by atoms with Crippen molar-refractivity contribution >= 4 is 17.7 Å². The zero-order valence-corrected chi connectivity index (χ0v) is 17.6. The van der Waals surface area contributed by atoms with E-state index in [1.54, 1.807) is 38.2 Å². The average Bonchev–Trinajstić information content (AvgIpc) is 3.45. The van der Waals surface area contributed by atoms with Crippen LogP contribution >= 0.6 is 11.8 Å². The van der Waals surface area contributed by atoms with Crippen LogP contribution in [0.4, 0.5) is 0 Å². The minimum atomic E-state index is -0.123. The summed E-state index contributed by atoms with van der Waals surface area (Å²) >= 11 is 1.72. The maximum atomic E-state index is 13.2. The molecule has 1 saturated carbocycles. The van der Waals surface area contributed by atoms with E-state index in [9.17, 15) is 4.79 Å². The lowest BCUT2D eigenvalue weighted by atomic mass is 10.1. The average molecular weight is 415 g/mol. The van der Waals surface area contributed by atoms with Crippen LogP contribution < -0.4 is 14.2 Å². The van der Waals surface area contributed by atoms with Crippen molar-refractivity contribution < 1.29 is 19.0 Å². The van der Waals surface area contributed by atoms with Crippen molar-refractivity contribution in [1.82, 2.24) is 9.88 Å². The Morgan fingerprint density at radius 3 is 2.66 bits per heavy atom. The van der Waals surface area contributed by atoms with Gasteiger partial charge in [0.15, 0.2) is 0 Å². The molecule has 154 valence electrons. The molecular weight excluding hydrogens is 388 g/mol. The number of thioether (sulfide) groups is 1. The van der Waals surface area contributed by atoms with E-state index in [1.807, 2.05) is 29.2 Å². The van der Waals surface area contributed by atoms with Crippen LogP contribution in [0, 0.1) is 0 Å². The number of pyridine rings is 1. The smallest absolute Gasteiger partial charge is 0.256 e. The van der Waals surface area contributed by atoms with Crippen LogP contribution in [0.3, 0.4) is 0 Å². The molecule has 29 heavy (non-hydrogen) atoms. The number of hydrogen-bond acceptors (Lipinski definition) is 6. The summed E-state index contributed by atoms with van der Waals surface area (Å²) in [4.78, 5) is 19.4. The number of aromatic nitrogens is 1. The van der Waals surface area contributed by atoms with Gasteiger partial charge in [-0.2, -0.15) is 0 Å². The molecule has 1 aliphatic carbocycles. The van der Waals surface area contributed by atoms with Crippen LogP contribution in [0.5, 0.6) is 17.4 Å². The van der Waals surface area contributed by atoms with E-state index >= 15 is 0 Å². The van der Waals surface area contributed by atoms with E-state index < -0.39 is 0 Å². The van der Waals surface area contributed by atoms with E-state index in [2.05, 4.69) is 4.98 Å². The molecule has 1 unspecified atom stereocenters. The van der Waals surface area contributed by atoms with Crippen LogP contribution in [0.2, 0.25) is 0 Å². The third-order valence-electron chi connectivity index (χ3n) is 5.43. The molecule has 7 heteroatoms. The molecule has 0 radical (unpaired) electrons. The van der Waals surface area contributed by atoms with E-state index in [4.69, 9.17) is 14.2 Å². The van der Waals surface area contributed by atoms with Crippen molar-refractivity contribution in [1.29, 1.82) is 0 Å². The Hall–Kier alpha value is -2.41. The summed E-state index contributed by atoms with van der Waals surface area (Å²) in [5, 5.41) is -0.123. The van der Waals surface area contributed by atoms with Crippen molar-refractivity contribution in [2.45, 2.75) is 37.2 Å². The predicted octanol–water partition coefficient (Wildman–Crippen LogP) is 4.31. The predicted molar refractivity (Wildman–Crippen MR) is 113 cm³/mol. The molecule has 0 spiro atoms. The quantitative estimate of drug-likeness (QED) is 0.702. The molecule has 0 bridgehead atoms. The van der Waals surface area contributed by atoms with E-state index in [1.165, 1.54) is 12.8 Å². The first-order chi connectivity index (χ1) is 14.2. The number of nitrogens with zero attached hydrogens (tertiary/aromatic N) is 2. The lowest BCUT2D eigenvalue weighted by Crippen LogP contribution is -2.30. The number of benzene rings is 1. The zero-order chi connectivity index (χ0) is 20.2. The Balaban J connectivity index is 1.52. The third kappa shape index (κ3) is 4.29. The lowest BCUT2D eigenvalue weighted by molar-refractivity contribution is 0.0758. The number of amides is 1. The Morgan fingerprint density at radius 2 is 1.97 bits per heavy atom. The highest BCUT2D eigenvalue weighted by Gasteiger charge is 2.33. The van der Waals surface area contributed by atoms with Gasteiger partial charge in [-0.25, -0.2) is 4.98 Å². The number of ether oxygens (including phenoxy) is 3. The monoisotopic (exact) mass is 414 g/mol. The summed E-state index contributed by atoms with van der Waals surface area (Å²) in [7, 11) is 3.28. The molecule has 2 fully saturated rings. The molecule has 2 aliphatic rings. The summed E-state index contributed by atoms with van der Waals surface area (Å²) in [5.41, 5.74) is 1.51. The van der Waals surface area contributed by atoms with Gasteiger partial charge in [0.05, 0.1) is 19.8 Å². The van der Waals surface area contributed by atoms with Gasteiger partial charge in [0.1, 0.15) is 23.0 Å². The van der Waals surface area contributed by atoms with Gasteiger partial charge in [0.2, 0.25) is 5.88 Å². The van der Waals surface area contributed by atoms with Gasteiger partial charge < -0.3 is 19.1 Å². The number of hydrogen-bond donors (Lipinski definition) is 0. The molecule has 0 N–H and O–H groups in total. The maximum Gasteiger partial charge on any atom is 0.256 e. The van der Waals surface area contributed by atoms with Crippen LogP contribution in [-0.2, 0) is 0 Å². The zero-order valence-electron chi connectivity index (χ0n) is 16.8. The number of carbonyl (C=O) groups is 1. The topological polar surface area (TPSA) is 60.9 Å². The van der Waals surface area contributed by atoms with Gasteiger partial charge in [0.25, 0.3) is 5.91 Å². The van der Waals surface area contributed by atoms with Crippen LogP contribution in [0.1, 0.15) is 47.0 Å². The second-order valence-electron chi connectivity index (χ2n) is 7.24. The first-order valence-electron chi connectivity index (χ1n) is 9.97. The molecule has 2 heterocycles. The molecule has 4 rings (SSSR count). The lowest BCUT2D eigenvalue weighted by Gasteiger charge is -2.26. The normalized spacial score (nSPS) is 19.4. The summed E-state index contributed by atoms with van der Waals surface area (Å²) in [5.74, 6) is 2.92. The fraction of sp³-hybridized carbons (Fsp3) is 0.455. The third-order valence-corrected chi connectivity index (χ3v) is 6.67. The van der Waals surface area contributed by atoms with Crippen LogP contribution in [0.15, 0.2) is 36.5 Å². The molecule has 1 saturated heterocycles. The highest BCUT2D eigenvalue weighted by molar-refractivity contribution is 7.99. The van der Waals surface area contributed by atoms with Gasteiger partial charge in [-0.05, 0) is 49.9 Å². The highest BCUT2D eigenvalue weighted by Crippen LogP contribution is 2.43. The Labute approximate surface area is 175 Å². The van der Waals surface area contributed by atoms with Crippen molar-refractivity contribution in [3.05, 3.63) is 47.7 Å². The van der Waals surface area contributed by atoms with Gasteiger partial charge in [0, 0.05) is 30.1 Å². The minimum Gasteiger partial charge on any atom is -0.497 e. The van der Waals surface area contributed by atoms with Gasteiger partial charge >= 0.3 is 0 Å². The summed E-state index contributed by atoms with van der Waals surface area (Å²) in [6, 6.07) is 9.30. The Bertz CT molecular complexity index is 852. The second-order valence-corrected chi connectivity index (χ2v) is 8.43. The molecule has 1 aliphatic heterocycles. The first-order valence-corrected chi connectivity index (χ1v) is 11.0. The van der Waals surface area contributed by atoms with Gasteiger partial charge in [-0.3, -0.25) is 4.79 Å². The number of rotatable bonds is 6. The Morgan fingerprint density at radius 1 is 1.14 bits per heavy atom. The Kier molecular flexibility index (Phi) is 6.13. The van der Waals surface area contributed by atoms with Crippen molar-refractivity contribution in [2.24, 2.45) is 0 Å². The van der Waals surface area contributed by atoms with Crippen molar-refractivity contribution in [3.8, 4) is 17.4 Å². The summed E-state index contributed by atoms with van der Waals surface area (Å²) in [6.07, 6.45) is 6.46. The second kappa shape index (κ2) is 8.95. The molecular formula is C22H26N2O4S. The van der Waals surface area contributed by atoms with E-state index in [-0.39, 0.29) is 17.4 Å². The van der Waals surface area contributed by atoms with Gasteiger partial charge in [-0.15, -0.1) is 11.8 Å². The molecule has 1 atom stereocenters. The number of methoxy groups -OCH3 is 2. The SMILES string of the molecule is COc1ccc(OC)c(C2SCCN2C(=O)c2ccc(OC3CCCC3)nc2)c1. The van der Waals surface area contributed by atoms with Crippen molar-refractivity contribution in [2.75, 3.05) is 26.5 Å². The molecule has 6 nitrogen and oxygen atoms in total. The largest absolute Gasteiger partial charge is 0.497 e. The molecule has 1 aromatic carbocycles. The number of carbonyl (C=O) groups excluding carboxylic acids is 1. The van der Waals surface area contributed by atoms with Gasteiger partial charge in [-0.1, -0.05) is 0 Å². The highest BCUT2D eigenvalue weighted by atomic mass is 32.2. The minimum absolute atomic E-state index is 0.0372. The molecule has 1 aromatic heterocycles. The van der Waals surface area contributed by atoms with E-state index in [0.29, 0.717) is 18.0 Å². The molecule has 1 amide bonds. The summed E-state index contributed by atoms with van der Waals surface area (Å²) in [6.45, 7) is 0.675. The van der Waals surface area contributed by atoms with Crippen LogP contribution in [-0.4, -0.2) is 48.4 Å². The fourth-order valence-corrected chi connectivity index (χ4v) is 5.16. The van der Waals surface area contributed by atoms with Crippen molar-refractivity contribution in [3.63, 3.8) is 0 Å². The summed E-state index contributed by atoms with van der Waals surface area (Å²) < 4.78 is 16.8. The van der Waals surface area contributed by atoms with E-state index in [0.717, 1.165) is 35.7 Å². The fourth-order valence-electron chi connectivity index (χ4n) is 3.89. The first kappa shape index (κ1) is 19.9. The molecule has 2 aromatic rings.